The number of amides is 1. The number of halogens is 1. The summed E-state index contributed by atoms with van der Waals surface area (Å²) in [6.45, 7) is 2.64. The molecule has 0 aromatic heterocycles. The SMILES string of the molecule is Cc1ccc(S(=O)(=O)N/N=C2/C[C@H]3[C@@H]4CCCC[C@]4(C2)CN3C(=O)c2ccc(Br)cc2)cc1. The molecule has 1 aliphatic heterocycles. The molecule has 33 heavy (non-hydrogen) atoms. The minimum Gasteiger partial charge on any atom is -0.334 e. The molecule has 0 radical (unpaired) electrons. The van der Waals surface area contributed by atoms with Crippen molar-refractivity contribution >= 4 is 37.6 Å². The zero-order valence-electron chi connectivity index (χ0n) is 18.6. The second-order valence-corrected chi connectivity index (χ2v) is 12.3. The predicted molar refractivity (Wildman–Crippen MR) is 132 cm³/mol. The summed E-state index contributed by atoms with van der Waals surface area (Å²) >= 11 is 3.44. The van der Waals surface area contributed by atoms with Crippen LogP contribution < -0.4 is 4.83 Å². The monoisotopic (exact) mass is 529 g/mol. The van der Waals surface area contributed by atoms with Crippen molar-refractivity contribution in [3.8, 4) is 0 Å². The van der Waals surface area contributed by atoms with Crippen molar-refractivity contribution in [2.75, 3.05) is 6.54 Å². The number of hydrazone groups is 1. The topological polar surface area (TPSA) is 78.8 Å². The largest absolute Gasteiger partial charge is 0.334 e. The van der Waals surface area contributed by atoms with Gasteiger partial charge in [-0.05, 0) is 73.9 Å². The van der Waals surface area contributed by atoms with Crippen molar-refractivity contribution < 1.29 is 13.2 Å². The summed E-state index contributed by atoms with van der Waals surface area (Å²) in [6.07, 6.45) is 5.88. The van der Waals surface area contributed by atoms with Gasteiger partial charge >= 0.3 is 0 Å². The second kappa shape index (κ2) is 8.55. The van der Waals surface area contributed by atoms with Gasteiger partial charge in [-0.2, -0.15) is 13.5 Å². The van der Waals surface area contributed by atoms with E-state index in [4.69, 9.17) is 0 Å². The van der Waals surface area contributed by atoms with Crippen molar-refractivity contribution in [1.29, 1.82) is 0 Å². The Labute approximate surface area is 203 Å². The summed E-state index contributed by atoms with van der Waals surface area (Å²) in [7, 11) is -3.72. The summed E-state index contributed by atoms with van der Waals surface area (Å²) in [5.41, 5.74) is 2.54. The van der Waals surface area contributed by atoms with Crippen LogP contribution in [0.4, 0.5) is 0 Å². The maximum Gasteiger partial charge on any atom is 0.276 e. The third-order valence-corrected chi connectivity index (χ3v) is 9.34. The number of hydrogen-bond donors (Lipinski definition) is 1. The maximum atomic E-state index is 13.4. The minimum absolute atomic E-state index is 0.000322. The molecule has 2 aromatic carbocycles. The number of sulfonamides is 1. The Morgan fingerprint density at radius 2 is 1.85 bits per heavy atom. The first-order valence-electron chi connectivity index (χ1n) is 11.5. The highest BCUT2D eigenvalue weighted by molar-refractivity contribution is 9.10. The molecule has 1 N–H and O–H groups in total. The van der Waals surface area contributed by atoms with E-state index in [2.05, 4.69) is 25.9 Å². The quantitative estimate of drug-likeness (QED) is 0.572. The number of carbonyl (C=O) groups is 1. The molecule has 8 heteroatoms. The standard InChI is InChI=1S/C25H28BrN3O3S/c1-17-5-11-21(12-6-17)33(31,32)28-27-20-14-23-22-4-2-3-13-25(22,15-20)16-29(23)24(30)18-7-9-19(26)10-8-18/h5-12,22-23,28H,2-4,13-16H2,1H3/b27-20-/t22-,23-,25-/m0/s1. The van der Waals surface area contributed by atoms with E-state index >= 15 is 0 Å². The third-order valence-electron chi connectivity index (χ3n) is 7.58. The van der Waals surface area contributed by atoms with Gasteiger partial charge in [-0.1, -0.05) is 46.5 Å². The molecule has 1 amide bonds. The Morgan fingerprint density at radius 1 is 1.12 bits per heavy atom. The number of nitrogens with zero attached hydrogens (tertiary/aromatic N) is 2. The zero-order valence-corrected chi connectivity index (χ0v) is 21.0. The van der Waals surface area contributed by atoms with E-state index in [1.54, 1.807) is 24.3 Å². The highest BCUT2D eigenvalue weighted by atomic mass is 79.9. The Bertz CT molecular complexity index is 1190. The van der Waals surface area contributed by atoms with Crippen LogP contribution >= 0.6 is 15.9 Å². The van der Waals surface area contributed by atoms with Crippen LogP contribution in [0.25, 0.3) is 0 Å². The number of benzene rings is 2. The molecular weight excluding hydrogens is 502 g/mol. The molecule has 2 aliphatic carbocycles. The highest BCUT2D eigenvalue weighted by Gasteiger charge is 2.57. The fourth-order valence-corrected chi connectivity index (χ4v) is 7.13. The van der Waals surface area contributed by atoms with Crippen LogP contribution in [-0.2, 0) is 10.0 Å². The molecule has 0 spiro atoms. The van der Waals surface area contributed by atoms with Gasteiger partial charge in [0.05, 0.1) is 4.90 Å². The molecule has 6 nitrogen and oxygen atoms in total. The normalized spacial score (nSPS) is 27.9. The van der Waals surface area contributed by atoms with E-state index in [1.807, 2.05) is 36.1 Å². The summed E-state index contributed by atoms with van der Waals surface area (Å²) in [6, 6.07) is 14.3. The van der Waals surface area contributed by atoms with Gasteiger partial charge in [0.1, 0.15) is 0 Å². The molecule has 2 saturated carbocycles. The zero-order chi connectivity index (χ0) is 23.2. The molecule has 2 aromatic rings. The molecule has 5 rings (SSSR count). The van der Waals surface area contributed by atoms with Gasteiger partial charge in [-0.25, -0.2) is 4.83 Å². The van der Waals surface area contributed by atoms with Gasteiger partial charge in [0, 0.05) is 34.8 Å². The van der Waals surface area contributed by atoms with Gasteiger partial charge in [0.2, 0.25) is 0 Å². The average Bonchev–Trinajstić information content (AvgIpc) is 3.02. The first kappa shape index (κ1) is 22.6. The Kier molecular flexibility index (Phi) is 5.85. The van der Waals surface area contributed by atoms with E-state index in [9.17, 15) is 13.2 Å². The summed E-state index contributed by atoms with van der Waals surface area (Å²) in [5, 5.41) is 4.39. The van der Waals surface area contributed by atoms with Crippen molar-refractivity contribution in [2.45, 2.75) is 56.4 Å². The maximum absolute atomic E-state index is 13.4. The number of hydrogen-bond acceptors (Lipinski definition) is 4. The molecule has 0 unspecified atom stereocenters. The first-order valence-corrected chi connectivity index (χ1v) is 13.8. The molecular formula is C25H28BrN3O3S. The highest BCUT2D eigenvalue weighted by Crippen LogP contribution is 2.56. The smallest absolute Gasteiger partial charge is 0.276 e. The molecule has 3 fully saturated rings. The van der Waals surface area contributed by atoms with Crippen molar-refractivity contribution in [1.82, 2.24) is 9.73 Å². The van der Waals surface area contributed by atoms with Gasteiger partial charge in [0.25, 0.3) is 15.9 Å². The number of likely N-dealkylation sites (tertiary alicyclic amines) is 1. The number of carbonyl (C=O) groups excluding carboxylic acids is 1. The Morgan fingerprint density at radius 3 is 2.58 bits per heavy atom. The van der Waals surface area contributed by atoms with E-state index in [0.29, 0.717) is 17.9 Å². The lowest BCUT2D eigenvalue weighted by atomic mass is 9.60. The molecule has 2 bridgehead atoms. The lowest BCUT2D eigenvalue weighted by Crippen LogP contribution is -2.44. The van der Waals surface area contributed by atoms with Crippen LogP contribution in [0.15, 0.2) is 63.0 Å². The van der Waals surface area contributed by atoms with E-state index in [0.717, 1.165) is 48.0 Å². The van der Waals surface area contributed by atoms with Gasteiger partial charge in [0.15, 0.2) is 0 Å². The van der Waals surface area contributed by atoms with Gasteiger partial charge in [-0.15, -0.1) is 0 Å². The fourth-order valence-electron chi connectivity index (χ4n) is 6.01. The van der Waals surface area contributed by atoms with E-state index in [1.165, 1.54) is 6.42 Å². The van der Waals surface area contributed by atoms with Gasteiger partial charge < -0.3 is 4.90 Å². The number of nitrogens with one attached hydrogen (secondary N) is 1. The molecule has 3 atom stereocenters. The van der Waals surface area contributed by atoms with Crippen LogP contribution in [0, 0.1) is 18.3 Å². The second-order valence-electron chi connectivity index (χ2n) is 9.69. The molecule has 3 aliphatic rings. The van der Waals surface area contributed by atoms with Crippen LogP contribution in [0.5, 0.6) is 0 Å². The summed E-state index contributed by atoms with van der Waals surface area (Å²) < 4.78 is 26.4. The first-order chi connectivity index (χ1) is 15.8. The molecule has 1 saturated heterocycles. The Balaban J connectivity index is 1.40. The van der Waals surface area contributed by atoms with Crippen LogP contribution in [-0.4, -0.2) is 37.5 Å². The Hall–Kier alpha value is -2.19. The van der Waals surface area contributed by atoms with Crippen molar-refractivity contribution in [2.24, 2.45) is 16.4 Å². The van der Waals surface area contributed by atoms with Crippen molar-refractivity contribution in [3.05, 3.63) is 64.1 Å². The predicted octanol–water partition coefficient (Wildman–Crippen LogP) is 4.89. The number of rotatable bonds is 4. The third kappa shape index (κ3) is 4.23. The number of aryl methyl sites for hydroxylation is 1. The van der Waals surface area contributed by atoms with Gasteiger partial charge in [-0.3, -0.25) is 4.79 Å². The van der Waals surface area contributed by atoms with E-state index < -0.39 is 10.0 Å². The van der Waals surface area contributed by atoms with E-state index in [-0.39, 0.29) is 22.3 Å². The molecule has 1 heterocycles. The molecule has 174 valence electrons. The minimum atomic E-state index is -3.72. The van der Waals surface area contributed by atoms with Crippen LogP contribution in [0.2, 0.25) is 0 Å². The van der Waals surface area contributed by atoms with Crippen LogP contribution in [0.3, 0.4) is 0 Å². The summed E-state index contributed by atoms with van der Waals surface area (Å²) in [5.74, 6) is 0.515. The fraction of sp³-hybridized carbons (Fsp3) is 0.440. The summed E-state index contributed by atoms with van der Waals surface area (Å²) in [4.78, 5) is 18.1. The average molecular weight is 530 g/mol. The van der Waals surface area contributed by atoms with Crippen LogP contribution in [0.1, 0.15) is 54.4 Å². The van der Waals surface area contributed by atoms with Crippen molar-refractivity contribution in [3.63, 3.8) is 0 Å². The lowest BCUT2D eigenvalue weighted by Gasteiger charge is -2.43. The lowest BCUT2D eigenvalue weighted by molar-refractivity contribution is 0.0722.